The number of nitrogens with zero attached hydrogens (tertiary/aromatic N) is 2. The summed E-state index contributed by atoms with van der Waals surface area (Å²) in [6, 6.07) is 0.878. The van der Waals surface area contributed by atoms with Crippen LogP contribution >= 0.6 is 0 Å². The highest BCUT2D eigenvalue weighted by Gasteiger charge is 2.28. The lowest BCUT2D eigenvalue weighted by molar-refractivity contribution is -0.110. The van der Waals surface area contributed by atoms with Crippen LogP contribution < -0.4 is 15.6 Å². The van der Waals surface area contributed by atoms with Gasteiger partial charge >= 0.3 is 5.97 Å². The summed E-state index contributed by atoms with van der Waals surface area (Å²) in [6.45, 7) is 2.62. The van der Waals surface area contributed by atoms with Gasteiger partial charge in [-0.15, -0.1) is 0 Å². The average molecular weight is 395 g/mol. The number of aromatic nitrogens is 1. The van der Waals surface area contributed by atoms with Gasteiger partial charge in [0.2, 0.25) is 11.8 Å². The Hall–Kier alpha value is -3.01. The molecule has 0 radical (unpaired) electrons. The first-order valence-corrected chi connectivity index (χ1v) is 8.71. The summed E-state index contributed by atoms with van der Waals surface area (Å²) in [6.07, 6.45) is 1.13. The number of carboxylic acids is 1. The standard InChI is InChI=1S/C18H19F2N3O5/c1-2-22-8-12(18(26)27)17(25)11-5-13(19)16(14(20)15(11)22)23-3-4-28-10(7-23)6-21-9-24/h5,8-10H,2-4,6-7H2,1H3,(H,21,24)(H,26,27). The molecule has 1 fully saturated rings. The number of benzene rings is 1. The van der Waals surface area contributed by atoms with Gasteiger partial charge < -0.3 is 24.6 Å². The number of aromatic carboxylic acids is 1. The number of nitrogens with one attached hydrogen (secondary N) is 1. The van der Waals surface area contributed by atoms with Crippen LogP contribution in [-0.2, 0) is 16.1 Å². The summed E-state index contributed by atoms with van der Waals surface area (Å²) >= 11 is 0. The molecule has 1 aromatic heterocycles. The van der Waals surface area contributed by atoms with Gasteiger partial charge in [-0.05, 0) is 13.0 Å². The van der Waals surface area contributed by atoms with E-state index < -0.39 is 34.7 Å². The van der Waals surface area contributed by atoms with E-state index in [0.29, 0.717) is 6.41 Å². The summed E-state index contributed by atoms with van der Waals surface area (Å²) in [4.78, 5) is 35.6. The minimum absolute atomic E-state index is 0.143. The quantitative estimate of drug-likeness (QED) is 0.707. The van der Waals surface area contributed by atoms with Gasteiger partial charge in [0.05, 0.1) is 23.6 Å². The molecule has 2 aromatic rings. The second-order valence-corrected chi connectivity index (χ2v) is 6.35. The van der Waals surface area contributed by atoms with Crippen LogP contribution in [0.4, 0.5) is 14.5 Å². The molecule has 1 aliphatic heterocycles. The molecule has 1 unspecified atom stereocenters. The number of carbonyl (C=O) groups is 2. The number of rotatable bonds is 6. The molecule has 3 rings (SSSR count). The summed E-state index contributed by atoms with van der Waals surface area (Å²) in [5.74, 6) is -3.36. The van der Waals surface area contributed by atoms with Crippen molar-refractivity contribution >= 4 is 29.0 Å². The SMILES string of the molecule is CCn1cc(C(=O)O)c(=O)c2cc(F)c(N3CCOC(CNC=O)C3)c(F)c21. The number of hydrogen-bond acceptors (Lipinski definition) is 5. The van der Waals surface area contributed by atoms with E-state index in [4.69, 9.17) is 4.74 Å². The number of aryl methyl sites for hydroxylation is 1. The Bertz CT molecular complexity index is 992. The largest absolute Gasteiger partial charge is 0.477 e. The zero-order chi connectivity index (χ0) is 20.4. The van der Waals surface area contributed by atoms with Gasteiger partial charge in [-0.3, -0.25) is 9.59 Å². The number of carbonyl (C=O) groups excluding carboxylic acids is 1. The average Bonchev–Trinajstić information content (AvgIpc) is 2.67. The van der Waals surface area contributed by atoms with Crippen LogP contribution in [0.2, 0.25) is 0 Å². The van der Waals surface area contributed by atoms with E-state index in [1.54, 1.807) is 6.92 Å². The van der Waals surface area contributed by atoms with E-state index in [1.165, 1.54) is 9.47 Å². The topological polar surface area (TPSA) is 101 Å². The molecule has 1 amide bonds. The molecular formula is C18H19F2N3O5. The van der Waals surface area contributed by atoms with Crippen LogP contribution in [0.25, 0.3) is 10.9 Å². The second-order valence-electron chi connectivity index (χ2n) is 6.35. The third-order valence-corrected chi connectivity index (χ3v) is 4.68. The summed E-state index contributed by atoms with van der Waals surface area (Å²) in [5.41, 5.74) is -1.95. The predicted octanol–water partition coefficient (Wildman–Crippen LogP) is 0.949. The van der Waals surface area contributed by atoms with Crippen molar-refractivity contribution in [2.45, 2.75) is 19.6 Å². The number of amides is 1. The zero-order valence-electron chi connectivity index (χ0n) is 15.1. The van der Waals surface area contributed by atoms with Crippen LogP contribution in [0.3, 0.4) is 0 Å². The minimum atomic E-state index is -1.46. The van der Waals surface area contributed by atoms with Crippen molar-refractivity contribution in [2.24, 2.45) is 0 Å². The Morgan fingerprint density at radius 1 is 1.46 bits per heavy atom. The lowest BCUT2D eigenvalue weighted by atomic mass is 10.1. The molecule has 0 spiro atoms. The highest BCUT2D eigenvalue weighted by Crippen LogP contribution is 2.31. The number of halogens is 2. The number of carboxylic acid groups (broad SMARTS) is 1. The first-order valence-electron chi connectivity index (χ1n) is 8.71. The van der Waals surface area contributed by atoms with E-state index in [1.807, 2.05) is 0 Å². The van der Waals surface area contributed by atoms with E-state index >= 15 is 4.39 Å². The number of hydrogen-bond donors (Lipinski definition) is 2. The molecule has 1 atom stereocenters. The van der Waals surface area contributed by atoms with Gasteiger partial charge in [0.15, 0.2) is 5.82 Å². The molecule has 2 heterocycles. The number of fused-ring (bicyclic) bond motifs is 1. The fourth-order valence-electron chi connectivity index (χ4n) is 3.39. The molecule has 1 aliphatic rings. The van der Waals surface area contributed by atoms with E-state index in [9.17, 15) is 23.9 Å². The van der Waals surface area contributed by atoms with Gasteiger partial charge in [-0.25, -0.2) is 13.6 Å². The molecule has 1 aromatic carbocycles. The zero-order valence-corrected chi connectivity index (χ0v) is 15.1. The van der Waals surface area contributed by atoms with E-state index in [0.717, 1.165) is 12.3 Å². The third kappa shape index (κ3) is 3.42. The summed E-state index contributed by atoms with van der Waals surface area (Å²) in [5, 5.41) is 11.3. The molecule has 10 heteroatoms. The molecule has 0 aliphatic carbocycles. The fourth-order valence-corrected chi connectivity index (χ4v) is 3.39. The molecule has 0 bridgehead atoms. The smallest absolute Gasteiger partial charge is 0.341 e. The van der Waals surface area contributed by atoms with Crippen LogP contribution in [0, 0.1) is 11.6 Å². The van der Waals surface area contributed by atoms with Gasteiger partial charge in [0, 0.05) is 32.4 Å². The fraction of sp³-hybridized carbons (Fsp3) is 0.389. The van der Waals surface area contributed by atoms with Gasteiger partial charge in [0.1, 0.15) is 17.1 Å². The highest BCUT2D eigenvalue weighted by atomic mass is 19.1. The molecule has 2 N–H and O–H groups in total. The van der Waals surface area contributed by atoms with Crippen molar-refractivity contribution in [2.75, 3.05) is 31.1 Å². The number of anilines is 1. The Morgan fingerprint density at radius 3 is 2.86 bits per heavy atom. The van der Waals surface area contributed by atoms with Crippen LogP contribution in [0.15, 0.2) is 17.1 Å². The molecule has 8 nitrogen and oxygen atoms in total. The Morgan fingerprint density at radius 2 is 2.21 bits per heavy atom. The highest BCUT2D eigenvalue weighted by molar-refractivity contribution is 5.93. The van der Waals surface area contributed by atoms with Gasteiger partial charge in [-0.1, -0.05) is 0 Å². The van der Waals surface area contributed by atoms with Crippen LogP contribution in [0.5, 0.6) is 0 Å². The molecular weight excluding hydrogens is 376 g/mol. The van der Waals surface area contributed by atoms with Gasteiger partial charge in [-0.2, -0.15) is 0 Å². The van der Waals surface area contributed by atoms with Crippen LogP contribution in [-0.4, -0.2) is 54.4 Å². The van der Waals surface area contributed by atoms with E-state index in [2.05, 4.69) is 5.32 Å². The molecule has 150 valence electrons. The number of ether oxygens (including phenoxy) is 1. The van der Waals surface area contributed by atoms with Gasteiger partial charge in [0.25, 0.3) is 0 Å². The van der Waals surface area contributed by atoms with E-state index in [-0.39, 0.29) is 49.4 Å². The van der Waals surface area contributed by atoms with Crippen molar-refractivity contribution in [1.29, 1.82) is 0 Å². The Labute approximate surface area is 158 Å². The molecule has 1 saturated heterocycles. The van der Waals surface area contributed by atoms with Crippen molar-refractivity contribution in [3.8, 4) is 0 Å². The monoisotopic (exact) mass is 395 g/mol. The lowest BCUT2D eigenvalue weighted by Gasteiger charge is -2.35. The Kier molecular flexibility index (Phi) is 5.59. The summed E-state index contributed by atoms with van der Waals surface area (Å²) < 4.78 is 36.9. The maximum Gasteiger partial charge on any atom is 0.341 e. The number of pyridine rings is 1. The maximum absolute atomic E-state index is 15.4. The normalized spacial score (nSPS) is 17.0. The maximum atomic E-state index is 15.4. The molecule has 0 saturated carbocycles. The van der Waals surface area contributed by atoms with Crippen molar-refractivity contribution in [3.05, 3.63) is 39.7 Å². The van der Waals surface area contributed by atoms with Crippen molar-refractivity contribution in [3.63, 3.8) is 0 Å². The van der Waals surface area contributed by atoms with Crippen molar-refractivity contribution in [1.82, 2.24) is 9.88 Å². The number of morpholine rings is 1. The minimum Gasteiger partial charge on any atom is -0.477 e. The third-order valence-electron chi connectivity index (χ3n) is 4.68. The predicted molar refractivity (Wildman–Crippen MR) is 96.8 cm³/mol. The second kappa shape index (κ2) is 7.93. The summed E-state index contributed by atoms with van der Waals surface area (Å²) in [7, 11) is 0. The van der Waals surface area contributed by atoms with Crippen molar-refractivity contribution < 1.29 is 28.2 Å². The van der Waals surface area contributed by atoms with Crippen LogP contribution in [0.1, 0.15) is 17.3 Å². The first-order chi connectivity index (χ1) is 13.4. The lowest BCUT2D eigenvalue weighted by Crippen LogP contribution is -2.47. The first kappa shape index (κ1) is 19.7. The molecule has 28 heavy (non-hydrogen) atoms. The Balaban J connectivity index is 2.15.